The van der Waals surface area contributed by atoms with Gasteiger partial charge in [-0.3, -0.25) is 4.90 Å². The van der Waals surface area contributed by atoms with Crippen LogP contribution in [0, 0.1) is 11.8 Å². The molecule has 2 N–H and O–H groups in total. The summed E-state index contributed by atoms with van der Waals surface area (Å²) in [6, 6.07) is 0. The molecular weight excluding hydrogens is 216 g/mol. The molecule has 1 rings (SSSR count). The van der Waals surface area contributed by atoms with E-state index in [1.165, 1.54) is 0 Å². The number of oxime groups is 1. The SMILES string of the molecule is CCC1CN(CC(C)(O)C(C)C)CCC1=NO. The second-order valence-corrected chi connectivity index (χ2v) is 5.69. The molecule has 1 fully saturated rings. The first-order valence-corrected chi connectivity index (χ1v) is 6.56. The lowest BCUT2D eigenvalue weighted by Crippen LogP contribution is -2.49. The van der Waals surface area contributed by atoms with Crippen LogP contribution >= 0.6 is 0 Å². The van der Waals surface area contributed by atoms with E-state index in [1.807, 2.05) is 20.8 Å². The summed E-state index contributed by atoms with van der Waals surface area (Å²) in [7, 11) is 0. The van der Waals surface area contributed by atoms with Crippen LogP contribution in [0.5, 0.6) is 0 Å². The van der Waals surface area contributed by atoms with Gasteiger partial charge in [-0.15, -0.1) is 0 Å². The molecule has 4 heteroatoms. The van der Waals surface area contributed by atoms with Crippen molar-refractivity contribution in [3.8, 4) is 0 Å². The normalized spacial score (nSPS) is 28.6. The minimum Gasteiger partial charge on any atom is -0.411 e. The average molecular weight is 242 g/mol. The fourth-order valence-electron chi connectivity index (χ4n) is 2.26. The van der Waals surface area contributed by atoms with Gasteiger partial charge in [0.2, 0.25) is 0 Å². The zero-order chi connectivity index (χ0) is 13.1. The third-order valence-electron chi connectivity index (χ3n) is 4.04. The number of rotatable bonds is 4. The summed E-state index contributed by atoms with van der Waals surface area (Å²) >= 11 is 0. The lowest BCUT2D eigenvalue weighted by atomic mass is 9.88. The van der Waals surface area contributed by atoms with Crippen LogP contribution in [0.2, 0.25) is 0 Å². The fourth-order valence-corrected chi connectivity index (χ4v) is 2.26. The van der Waals surface area contributed by atoms with Crippen molar-refractivity contribution in [1.82, 2.24) is 4.90 Å². The van der Waals surface area contributed by atoms with Crippen LogP contribution in [0.1, 0.15) is 40.5 Å². The van der Waals surface area contributed by atoms with Crippen molar-refractivity contribution in [2.75, 3.05) is 19.6 Å². The molecule has 0 radical (unpaired) electrons. The highest BCUT2D eigenvalue weighted by atomic mass is 16.4. The molecule has 2 atom stereocenters. The first-order chi connectivity index (χ1) is 7.90. The molecule has 0 saturated carbocycles. The summed E-state index contributed by atoms with van der Waals surface area (Å²) in [5, 5.41) is 22.6. The molecular formula is C13H26N2O2. The van der Waals surface area contributed by atoms with Crippen LogP contribution in [-0.4, -0.2) is 46.2 Å². The Balaban J connectivity index is 2.59. The Morgan fingerprint density at radius 1 is 1.53 bits per heavy atom. The first kappa shape index (κ1) is 14.5. The Morgan fingerprint density at radius 2 is 2.18 bits per heavy atom. The van der Waals surface area contributed by atoms with Crippen LogP contribution in [0.15, 0.2) is 5.16 Å². The van der Waals surface area contributed by atoms with Crippen molar-refractivity contribution in [2.45, 2.75) is 46.1 Å². The van der Waals surface area contributed by atoms with Gasteiger partial charge in [0.05, 0.1) is 11.3 Å². The van der Waals surface area contributed by atoms with E-state index in [2.05, 4.69) is 17.0 Å². The molecule has 0 aromatic rings. The zero-order valence-corrected chi connectivity index (χ0v) is 11.5. The quantitative estimate of drug-likeness (QED) is 0.585. The third kappa shape index (κ3) is 3.68. The second-order valence-electron chi connectivity index (χ2n) is 5.69. The van der Waals surface area contributed by atoms with Gasteiger partial charge in [-0.25, -0.2) is 0 Å². The molecule has 1 aliphatic rings. The van der Waals surface area contributed by atoms with Crippen molar-refractivity contribution in [1.29, 1.82) is 0 Å². The van der Waals surface area contributed by atoms with E-state index in [1.54, 1.807) is 0 Å². The molecule has 1 aliphatic heterocycles. The molecule has 0 aromatic heterocycles. The number of nitrogens with zero attached hydrogens (tertiary/aromatic N) is 2. The summed E-state index contributed by atoms with van der Waals surface area (Å²) in [6.07, 6.45) is 1.79. The van der Waals surface area contributed by atoms with Gasteiger partial charge in [0.25, 0.3) is 0 Å². The summed E-state index contributed by atoms with van der Waals surface area (Å²) < 4.78 is 0. The van der Waals surface area contributed by atoms with E-state index in [9.17, 15) is 5.11 Å². The van der Waals surface area contributed by atoms with E-state index in [0.717, 1.165) is 31.6 Å². The molecule has 0 amide bonds. The predicted molar refractivity (Wildman–Crippen MR) is 69.5 cm³/mol. The lowest BCUT2D eigenvalue weighted by Gasteiger charge is -2.39. The van der Waals surface area contributed by atoms with E-state index >= 15 is 0 Å². The fraction of sp³-hybridized carbons (Fsp3) is 0.923. The number of piperidine rings is 1. The van der Waals surface area contributed by atoms with Gasteiger partial charge in [-0.05, 0) is 19.3 Å². The molecule has 0 aromatic carbocycles. The minimum atomic E-state index is -0.647. The van der Waals surface area contributed by atoms with E-state index in [0.29, 0.717) is 12.5 Å². The summed E-state index contributed by atoms with van der Waals surface area (Å²) in [5.74, 6) is 0.576. The van der Waals surface area contributed by atoms with Gasteiger partial charge < -0.3 is 10.3 Å². The maximum Gasteiger partial charge on any atom is 0.0768 e. The minimum absolute atomic E-state index is 0.246. The lowest BCUT2D eigenvalue weighted by molar-refractivity contribution is -0.0219. The Labute approximate surface area is 104 Å². The second kappa shape index (κ2) is 5.83. The zero-order valence-electron chi connectivity index (χ0n) is 11.5. The van der Waals surface area contributed by atoms with Gasteiger partial charge in [0.1, 0.15) is 0 Å². The number of likely N-dealkylation sites (tertiary alicyclic amines) is 1. The average Bonchev–Trinajstić information content (AvgIpc) is 2.28. The van der Waals surface area contributed by atoms with Crippen molar-refractivity contribution in [3.05, 3.63) is 0 Å². The highest BCUT2D eigenvalue weighted by Crippen LogP contribution is 2.22. The van der Waals surface area contributed by atoms with Crippen LogP contribution in [0.4, 0.5) is 0 Å². The Bertz CT molecular complexity index is 275. The Kier molecular flexibility index (Phi) is 4.95. The number of hydrogen-bond donors (Lipinski definition) is 2. The molecule has 1 saturated heterocycles. The summed E-state index contributed by atoms with van der Waals surface area (Å²) in [6.45, 7) is 10.6. The summed E-state index contributed by atoms with van der Waals surface area (Å²) in [5.41, 5.74) is 0.263. The maximum absolute atomic E-state index is 10.3. The van der Waals surface area contributed by atoms with Gasteiger partial charge in [0.15, 0.2) is 0 Å². The third-order valence-corrected chi connectivity index (χ3v) is 4.04. The van der Waals surface area contributed by atoms with Gasteiger partial charge >= 0.3 is 0 Å². The highest BCUT2D eigenvalue weighted by molar-refractivity contribution is 5.87. The van der Waals surface area contributed by atoms with E-state index in [4.69, 9.17) is 5.21 Å². The molecule has 2 unspecified atom stereocenters. The largest absolute Gasteiger partial charge is 0.411 e. The van der Waals surface area contributed by atoms with Crippen LogP contribution in [0.3, 0.4) is 0 Å². The van der Waals surface area contributed by atoms with Crippen LogP contribution < -0.4 is 0 Å². The standard InChI is InChI=1S/C13H26N2O2/c1-5-11-8-15(7-6-12(11)14-17)9-13(4,16)10(2)3/h10-11,16-17H,5-9H2,1-4H3. The van der Waals surface area contributed by atoms with Crippen LogP contribution in [-0.2, 0) is 0 Å². The van der Waals surface area contributed by atoms with Crippen molar-refractivity contribution in [3.63, 3.8) is 0 Å². The molecule has 4 nitrogen and oxygen atoms in total. The monoisotopic (exact) mass is 242 g/mol. The van der Waals surface area contributed by atoms with E-state index < -0.39 is 5.60 Å². The van der Waals surface area contributed by atoms with Crippen molar-refractivity contribution < 1.29 is 10.3 Å². The van der Waals surface area contributed by atoms with Crippen molar-refractivity contribution in [2.24, 2.45) is 17.0 Å². The highest BCUT2D eigenvalue weighted by Gasteiger charge is 2.31. The smallest absolute Gasteiger partial charge is 0.0768 e. The number of aliphatic hydroxyl groups is 1. The molecule has 1 heterocycles. The van der Waals surface area contributed by atoms with Gasteiger partial charge in [0, 0.05) is 32.0 Å². The van der Waals surface area contributed by atoms with Crippen LogP contribution in [0.25, 0.3) is 0 Å². The van der Waals surface area contributed by atoms with Gasteiger partial charge in [-0.2, -0.15) is 0 Å². The van der Waals surface area contributed by atoms with E-state index in [-0.39, 0.29) is 5.92 Å². The molecule has 0 aliphatic carbocycles. The topological polar surface area (TPSA) is 56.1 Å². The Morgan fingerprint density at radius 3 is 2.65 bits per heavy atom. The van der Waals surface area contributed by atoms with Crippen molar-refractivity contribution >= 4 is 5.71 Å². The number of β-amino-alcohol motifs (C(OH)–C–C–N with tert-alkyl or cyclic N) is 1. The maximum atomic E-state index is 10.3. The first-order valence-electron chi connectivity index (χ1n) is 6.56. The Hall–Kier alpha value is -0.610. The molecule has 17 heavy (non-hydrogen) atoms. The number of hydrogen-bond acceptors (Lipinski definition) is 4. The van der Waals surface area contributed by atoms with Gasteiger partial charge in [-0.1, -0.05) is 25.9 Å². The molecule has 0 spiro atoms. The predicted octanol–water partition coefficient (Wildman–Crippen LogP) is 1.96. The molecule has 0 bridgehead atoms. The molecule has 100 valence electrons. The summed E-state index contributed by atoms with van der Waals surface area (Å²) in [4.78, 5) is 2.28.